The number of aromatic nitrogens is 1. The van der Waals surface area contributed by atoms with Gasteiger partial charge in [-0.3, -0.25) is 4.57 Å². The lowest BCUT2D eigenvalue weighted by atomic mass is 9.99. The van der Waals surface area contributed by atoms with Crippen molar-refractivity contribution in [1.29, 1.82) is 5.41 Å². The van der Waals surface area contributed by atoms with Crippen molar-refractivity contribution in [2.45, 2.75) is 0 Å². The highest BCUT2D eigenvalue weighted by Gasteiger charge is 2.20. The van der Waals surface area contributed by atoms with Crippen LogP contribution in [0.5, 0.6) is 0 Å². The van der Waals surface area contributed by atoms with Crippen LogP contribution < -0.4 is 10.6 Å². The van der Waals surface area contributed by atoms with Gasteiger partial charge in [0, 0.05) is 22.5 Å². The molecule has 45 heavy (non-hydrogen) atoms. The molecule has 0 saturated heterocycles. The Bertz CT molecular complexity index is 2290. The minimum atomic E-state index is 0.375. The Labute approximate surface area is 262 Å². The molecule has 0 amide bonds. The number of nitrogens with two attached hydrogens (primary N) is 1. The van der Waals surface area contributed by atoms with Crippen molar-refractivity contribution >= 4 is 62.6 Å². The molecule has 4 heteroatoms. The van der Waals surface area contributed by atoms with Crippen LogP contribution in [0, 0.1) is 5.41 Å². The van der Waals surface area contributed by atoms with Crippen molar-refractivity contribution in [3.8, 4) is 11.1 Å². The maximum absolute atomic E-state index is 8.65. The van der Waals surface area contributed by atoms with E-state index in [1.807, 2.05) is 36.4 Å². The standard InChI is InChI=1S/C41H30N4/c42-36(28-11-3-1-4-12-28)27-41(43)45-39-18-10-8-16-34(39)35-26-31(22-24-40(35)45)30-21-23-38-32(25-30)20-19-29-13-7-9-17-37(29)44(38)33-14-5-2-6-15-33/h1-27,42H,43H2/b41-27+,42-36?. The number of para-hydroxylation sites is 3. The summed E-state index contributed by atoms with van der Waals surface area (Å²) in [5, 5.41) is 10.9. The Kier molecular flexibility index (Phi) is 6.39. The predicted molar refractivity (Wildman–Crippen MR) is 190 cm³/mol. The summed E-state index contributed by atoms with van der Waals surface area (Å²) in [5.74, 6) is 0.513. The fourth-order valence-electron chi connectivity index (χ4n) is 6.41. The molecule has 0 aliphatic carbocycles. The molecule has 1 aliphatic rings. The third kappa shape index (κ3) is 4.60. The van der Waals surface area contributed by atoms with Crippen LogP contribution in [0.25, 0.3) is 50.9 Å². The molecule has 6 aromatic carbocycles. The van der Waals surface area contributed by atoms with Gasteiger partial charge in [0.05, 0.1) is 28.1 Å². The molecule has 0 bridgehead atoms. The Hall–Kier alpha value is -6.13. The van der Waals surface area contributed by atoms with Crippen molar-refractivity contribution in [1.82, 2.24) is 4.57 Å². The lowest BCUT2D eigenvalue weighted by Crippen LogP contribution is -2.11. The summed E-state index contributed by atoms with van der Waals surface area (Å²) >= 11 is 0. The lowest BCUT2D eigenvalue weighted by Gasteiger charge is -2.27. The van der Waals surface area contributed by atoms with Gasteiger partial charge in [0.1, 0.15) is 5.82 Å². The Morgan fingerprint density at radius 3 is 2.02 bits per heavy atom. The highest BCUT2D eigenvalue weighted by atomic mass is 15.1. The maximum Gasteiger partial charge on any atom is 0.110 e. The average Bonchev–Trinajstić information content (AvgIpc) is 3.33. The Morgan fingerprint density at radius 1 is 0.556 bits per heavy atom. The van der Waals surface area contributed by atoms with Crippen LogP contribution in [0.15, 0.2) is 152 Å². The minimum Gasteiger partial charge on any atom is -0.385 e. The summed E-state index contributed by atoms with van der Waals surface area (Å²) in [5.41, 5.74) is 18.0. The van der Waals surface area contributed by atoms with E-state index < -0.39 is 0 Å². The van der Waals surface area contributed by atoms with E-state index in [0.717, 1.165) is 61.1 Å². The van der Waals surface area contributed by atoms with Gasteiger partial charge in [-0.1, -0.05) is 109 Å². The zero-order valence-corrected chi connectivity index (χ0v) is 24.6. The number of hydrogen-bond donors (Lipinski definition) is 2. The van der Waals surface area contributed by atoms with Gasteiger partial charge in [0.25, 0.3) is 0 Å². The number of hydrogen-bond acceptors (Lipinski definition) is 3. The number of fused-ring (bicyclic) bond motifs is 5. The molecular formula is C41H30N4. The Morgan fingerprint density at radius 2 is 1.18 bits per heavy atom. The second-order valence-corrected chi connectivity index (χ2v) is 11.3. The number of nitrogens with zero attached hydrogens (tertiary/aromatic N) is 2. The van der Waals surface area contributed by atoms with Crippen molar-refractivity contribution in [2.75, 3.05) is 4.90 Å². The van der Waals surface area contributed by atoms with Gasteiger partial charge in [-0.15, -0.1) is 0 Å². The van der Waals surface area contributed by atoms with Gasteiger partial charge in [0.2, 0.25) is 0 Å². The quantitative estimate of drug-likeness (QED) is 0.200. The molecule has 0 radical (unpaired) electrons. The van der Waals surface area contributed by atoms with Crippen molar-refractivity contribution < 1.29 is 0 Å². The summed E-state index contributed by atoms with van der Waals surface area (Å²) in [6.07, 6.45) is 6.17. The fourth-order valence-corrected chi connectivity index (χ4v) is 6.41. The third-order valence-corrected chi connectivity index (χ3v) is 8.54. The molecule has 0 atom stereocenters. The van der Waals surface area contributed by atoms with Crippen LogP contribution in [-0.2, 0) is 0 Å². The molecule has 2 heterocycles. The van der Waals surface area contributed by atoms with E-state index >= 15 is 0 Å². The van der Waals surface area contributed by atoms with E-state index in [-0.39, 0.29) is 0 Å². The molecule has 0 fully saturated rings. The molecule has 0 unspecified atom stereocenters. The van der Waals surface area contributed by atoms with Gasteiger partial charge in [-0.05, 0) is 76.3 Å². The van der Waals surface area contributed by atoms with Crippen molar-refractivity contribution in [2.24, 2.45) is 5.73 Å². The van der Waals surface area contributed by atoms with Crippen LogP contribution >= 0.6 is 0 Å². The molecule has 214 valence electrons. The molecule has 4 nitrogen and oxygen atoms in total. The third-order valence-electron chi connectivity index (χ3n) is 8.54. The van der Waals surface area contributed by atoms with Crippen LogP contribution in [0.2, 0.25) is 0 Å². The number of benzene rings is 6. The van der Waals surface area contributed by atoms with Gasteiger partial charge in [-0.2, -0.15) is 0 Å². The van der Waals surface area contributed by atoms with Crippen molar-refractivity contribution in [3.05, 3.63) is 168 Å². The molecule has 8 rings (SSSR count). The molecule has 1 aromatic heterocycles. The highest BCUT2D eigenvalue weighted by Crippen LogP contribution is 2.43. The van der Waals surface area contributed by atoms with Crippen molar-refractivity contribution in [3.63, 3.8) is 0 Å². The number of rotatable bonds is 5. The number of nitrogens with one attached hydrogen (secondary N) is 1. The van der Waals surface area contributed by atoms with Gasteiger partial charge >= 0.3 is 0 Å². The summed E-state index contributed by atoms with van der Waals surface area (Å²) in [7, 11) is 0. The summed E-state index contributed by atoms with van der Waals surface area (Å²) in [6.45, 7) is 0. The molecule has 7 aromatic rings. The monoisotopic (exact) mass is 578 g/mol. The van der Waals surface area contributed by atoms with E-state index in [2.05, 4.69) is 131 Å². The van der Waals surface area contributed by atoms with E-state index in [4.69, 9.17) is 11.1 Å². The first kappa shape index (κ1) is 26.5. The summed E-state index contributed by atoms with van der Waals surface area (Å²) < 4.78 is 2.06. The zero-order chi connectivity index (χ0) is 30.3. The first-order valence-electron chi connectivity index (χ1n) is 15.1. The molecule has 3 N–H and O–H groups in total. The molecule has 0 saturated carbocycles. The fraction of sp³-hybridized carbons (Fsp3) is 0. The van der Waals surface area contributed by atoms with E-state index in [0.29, 0.717) is 11.5 Å². The first-order chi connectivity index (χ1) is 22.2. The second kappa shape index (κ2) is 10.9. The van der Waals surface area contributed by atoms with Gasteiger partial charge < -0.3 is 16.0 Å². The van der Waals surface area contributed by atoms with Crippen LogP contribution in [0.3, 0.4) is 0 Å². The van der Waals surface area contributed by atoms with Gasteiger partial charge in [-0.25, -0.2) is 0 Å². The lowest BCUT2D eigenvalue weighted by molar-refractivity contribution is 1.18. The largest absolute Gasteiger partial charge is 0.385 e. The van der Waals surface area contributed by atoms with Crippen LogP contribution in [0.1, 0.15) is 16.7 Å². The number of anilines is 3. The first-order valence-corrected chi connectivity index (χ1v) is 15.1. The summed E-state index contributed by atoms with van der Waals surface area (Å²) in [4.78, 5) is 2.34. The topological polar surface area (TPSA) is 58.0 Å². The zero-order valence-electron chi connectivity index (χ0n) is 24.6. The van der Waals surface area contributed by atoms with E-state index in [1.165, 1.54) is 5.56 Å². The summed E-state index contributed by atoms with van der Waals surface area (Å²) in [6, 6.07) is 50.4. The van der Waals surface area contributed by atoms with E-state index in [1.54, 1.807) is 6.08 Å². The molecular weight excluding hydrogens is 548 g/mol. The average molecular weight is 579 g/mol. The van der Waals surface area contributed by atoms with Crippen LogP contribution in [-0.4, -0.2) is 10.3 Å². The highest BCUT2D eigenvalue weighted by molar-refractivity contribution is 6.14. The normalized spacial score (nSPS) is 12.6. The SMILES string of the molecule is N=C(/C=C(\N)n1c2ccccc2c2cc(-c3ccc4c(c3)C=Cc3ccccc3N4c3ccccc3)ccc21)c1ccccc1. The van der Waals surface area contributed by atoms with Crippen LogP contribution in [0.4, 0.5) is 17.1 Å². The second-order valence-electron chi connectivity index (χ2n) is 11.3. The predicted octanol–water partition coefficient (Wildman–Crippen LogP) is 10.2. The smallest absolute Gasteiger partial charge is 0.110 e. The van der Waals surface area contributed by atoms with E-state index in [9.17, 15) is 0 Å². The molecule has 0 spiro atoms. The van der Waals surface area contributed by atoms with Gasteiger partial charge in [0.15, 0.2) is 0 Å². The number of allylic oxidation sites excluding steroid dienone is 1. The maximum atomic E-state index is 8.65. The minimum absolute atomic E-state index is 0.375. The Balaban J connectivity index is 1.24. The molecule has 1 aliphatic heterocycles.